The molecule has 1 rings (SSSR count). The van der Waals surface area contributed by atoms with Crippen molar-refractivity contribution in [2.24, 2.45) is 5.92 Å². The number of carbonyl (C=O) groups excluding carboxylic acids is 1. The average Bonchev–Trinajstić information content (AvgIpc) is 2.47. The van der Waals surface area contributed by atoms with Crippen molar-refractivity contribution in [3.8, 4) is 0 Å². The highest BCUT2D eigenvalue weighted by Crippen LogP contribution is 2.14. The fraction of sp³-hybridized carbons (Fsp3) is 0.533. The zero-order valence-corrected chi connectivity index (χ0v) is 12.8. The molecule has 4 nitrogen and oxygen atoms in total. The van der Waals surface area contributed by atoms with Gasteiger partial charge < -0.3 is 9.29 Å². The highest BCUT2D eigenvalue weighted by molar-refractivity contribution is 7.79. The van der Waals surface area contributed by atoms with E-state index < -0.39 is 11.1 Å². The van der Waals surface area contributed by atoms with Gasteiger partial charge in [0, 0.05) is 0 Å². The molecule has 1 aromatic carbocycles. The smallest absolute Gasteiger partial charge is 0.338 e. The summed E-state index contributed by atoms with van der Waals surface area (Å²) in [5.74, 6) is 0.0262. The first-order chi connectivity index (χ1) is 9.58. The van der Waals surface area contributed by atoms with E-state index in [2.05, 4.69) is 13.8 Å². The van der Waals surface area contributed by atoms with Gasteiger partial charge in [-0.1, -0.05) is 33.1 Å². The van der Waals surface area contributed by atoms with Gasteiger partial charge in [0.25, 0.3) is 0 Å². The summed E-state index contributed by atoms with van der Waals surface area (Å²) in [6.45, 7) is 4.67. The maximum atomic E-state index is 11.9. The standard InChI is InChI=1S/C15H22O4S/c1-3-5-6-12(4-2)11-19-15(16)13-7-9-14(10-8-13)20(17)18/h7-10,12H,3-6,11H2,1-2H3,(H,17,18). The lowest BCUT2D eigenvalue weighted by Gasteiger charge is -2.14. The van der Waals surface area contributed by atoms with Crippen LogP contribution in [0, 0.1) is 5.92 Å². The van der Waals surface area contributed by atoms with Gasteiger partial charge in [0.05, 0.1) is 17.1 Å². The molecule has 0 aliphatic carbocycles. The Morgan fingerprint density at radius 3 is 2.45 bits per heavy atom. The highest BCUT2D eigenvalue weighted by atomic mass is 32.2. The van der Waals surface area contributed by atoms with Crippen LogP contribution in [0.15, 0.2) is 29.2 Å². The van der Waals surface area contributed by atoms with Crippen LogP contribution in [0.1, 0.15) is 49.9 Å². The first-order valence-corrected chi connectivity index (χ1v) is 8.07. The molecule has 0 bridgehead atoms. The molecule has 5 heteroatoms. The fourth-order valence-electron chi connectivity index (χ4n) is 1.88. The Morgan fingerprint density at radius 2 is 1.95 bits per heavy atom. The van der Waals surface area contributed by atoms with E-state index in [4.69, 9.17) is 9.29 Å². The molecule has 0 fully saturated rings. The first kappa shape index (κ1) is 16.9. The van der Waals surface area contributed by atoms with E-state index in [0.717, 1.165) is 25.7 Å². The lowest BCUT2D eigenvalue weighted by Crippen LogP contribution is -2.14. The van der Waals surface area contributed by atoms with E-state index in [1.807, 2.05) is 0 Å². The van der Waals surface area contributed by atoms with E-state index in [1.165, 1.54) is 24.3 Å². The Balaban J connectivity index is 2.51. The average molecular weight is 298 g/mol. The Hall–Kier alpha value is -1.20. The molecule has 112 valence electrons. The van der Waals surface area contributed by atoms with Gasteiger partial charge in [-0.15, -0.1) is 0 Å². The van der Waals surface area contributed by atoms with E-state index in [9.17, 15) is 9.00 Å². The molecule has 0 aliphatic rings. The summed E-state index contributed by atoms with van der Waals surface area (Å²) in [4.78, 5) is 12.1. The Labute approximate surface area is 122 Å². The predicted molar refractivity (Wildman–Crippen MR) is 79.1 cm³/mol. The fourth-order valence-corrected chi connectivity index (χ4v) is 2.25. The maximum Gasteiger partial charge on any atom is 0.338 e. The van der Waals surface area contributed by atoms with Gasteiger partial charge in [-0.3, -0.25) is 0 Å². The second kappa shape index (κ2) is 8.87. The Morgan fingerprint density at radius 1 is 1.30 bits per heavy atom. The third kappa shape index (κ3) is 5.43. The number of carbonyl (C=O) groups is 1. The topological polar surface area (TPSA) is 63.6 Å². The van der Waals surface area contributed by atoms with E-state index in [1.54, 1.807) is 0 Å². The van der Waals surface area contributed by atoms with Crippen molar-refractivity contribution in [1.29, 1.82) is 0 Å². The normalized spacial score (nSPS) is 13.8. The summed E-state index contributed by atoms with van der Waals surface area (Å²) in [5, 5.41) is 0. The van der Waals surface area contributed by atoms with E-state index >= 15 is 0 Å². The van der Waals surface area contributed by atoms with Crippen molar-refractivity contribution < 1.29 is 18.3 Å². The lowest BCUT2D eigenvalue weighted by atomic mass is 10.0. The van der Waals surface area contributed by atoms with E-state index in [-0.39, 0.29) is 10.9 Å². The van der Waals surface area contributed by atoms with Crippen LogP contribution in [-0.4, -0.2) is 21.3 Å². The van der Waals surface area contributed by atoms with Crippen LogP contribution < -0.4 is 0 Å². The van der Waals surface area contributed by atoms with Gasteiger partial charge in [0.15, 0.2) is 11.1 Å². The molecule has 0 spiro atoms. The summed E-state index contributed by atoms with van der Waals surface area (Å²) in [6, 6.07) is 5.94. The van der Waals surface area contributed by atoms with Gasteiger partial charge in [-0.25, -0.2) is 9.00 Å². The molecule has 0 saturated carbocycles. The molecule has 0 saturated heterocycles. The zero-order chi connectivity index (χ0) is 15.0. The molecule has 0 heterocycles. The van der Waals surface area contributed by atoms with Crippen molar-refractivity contribution in [2.75, 3.05) is 6.61 Å². The summed E-state index contributed by atoms with van der Waals surface area (Å²) in [7, 11) is 0. The second-order valence-corrected chi connectivity index (χ2v) is 5.76. The first-order valence-electron chi connectivity index (χ1n) is 6.96. The molecular weight excluding hydrogens is 276 g/mol. The number of ether oxygens (including phenoxy) is 1. The molecule has 2 unspecified atom stereocenters. The molecule has 0 radical (unpaired) electrons. The summed E-state index contributed by atoms with van der Waals surface area (Å²) in [6.07, 6.45) is 4.36. The number of esters is 1. The quantitative estimate of drug-likeness (QED) is 0.588. The van der Waals surface area contributed by atoms with E-state index in [0.29, 0.717) is 18.1 Å². The van der Waals surface area contributed by atoms with Crippen molar-refractivity contribution in [3.05, 3.63) is 29.8 Å². The molecule has 20 heavy (non-hydrogen) atoms. The molecule has 0 amide bonds. The zero-order valence-electron chi connectivity index (χ0n) is 12.0. The third-order valence-corrected chi connectivity index (χ3v) is 3.96. The van der Waals surface area contributed by atoms with Crippen LogP contribution in [0.5, 0.6) is 0 Å². The van der Waals surface area contributed by atoms with Gasteiger partial charge in [-0.2, -0.15) is 0 Å². The molecule has 1 N–H and O–H groups in total. The van der Waals surface area contributed by atoms with Crippen LogP contribution >= 0.6 is 0 Å². The summed E-state index contributed by atoms with van der Waals surface area (Å²) in [5.41, 5.74) is 0.407. The Bertz CT molecular complexity index is 442. The summed E-state index contributed by atoms with van der Waals surface area (Å²) >= 11 is -2.02. The van der Waals surface area contributed by atoms with Crippen LogP contribution in [0.4, 0.5) is 0 Å². The van der Waals surface area contributed by atoms with Crippen molar-refractivity contribution in [1.82, 2.24) is 0 Å². The highest BCUT2D eigenvalue weighted by Gasteiger charge is 2.12. The van der Waals surface area contributed by atoms with Gasteiger partial charge >= 0.3 is 5.97 Å². The number of benzene rings is 1. The van der Waals surface area contributed by atoms with Crippen molar-refractivity contribution >= 4 is 17.0 Å². The minimum absolute atomic E-state index is 0.274. The lowest BCUT2D eigenvalue weighted by molar-refractivity contribution is 0.0428. The van der Waals surface area contributed by atoms with Gasteiger partial charge in [-0.05, 0) is 36.6 Å². The van der Waals surface area contributed by atoms with Crippen molar-refractivity contribution in [3.63, 3.8) is 0 Å². The summed E-state index contributed by atoms with van der Waals surface area (Å²) < 4.78 is 25.0. The second-order valence-electron chi connectivity index (χ2n) is 4.79. The van der Waals surface area contributed by atoms with Crippen LogP contribution in [0.25, 0.3) is 0 Å². The molecule has 1 aromatic rings. The van der Waals surface area contributed by atoms with Crippen LogP contribution in [0.3, 0.4) is 0 Å². The van der Waals surface area contributed by atoms with Crippen LogP contribution in [0.2, 0.25) is 0 Å². The SMILES string of the molecule is CCCCC(CC)COC(=O)c1ccc(S(=O)O)cc1. The molecular formula is C15H22O4S. The number of hydrogen-bond acceptors (Lipinski definition) is 3. The van der Waals surface area contributed by atoms with Crippen molar-refractivity contribution in [2.45, 2.75) is 44.4 Å². The molecule has 2 atom stereocenters. The number of hydrogen-bond donors (Lipinski definition) is 1. The maximum absolute atomic E-state index is 11.9. The molecule has 0 aromatic heterocycles. The minimum atomic E-state index is -2.02. The largest absolute Gasteiger partial charge is 0.462 e. The predicted octanol–water partition coefficient (Wildman–Crippen LogP) is 3.64. The van der Waals surface area contributed by atoms with Crippen LogP contribution in [-0.2, 0) is 15.8 Å². The minimum Gasteiger partial charge on any atom is -0.462 e. The van der Waals surface area contributed by atoms with Gasteiger partial charge in [0.1, 0.15) is 0 Å². The van der Waals surface area contributed by atoms with Gasteiger partial charge in [0.2, 0.25) is 0 Å². The Kier molecular flexibility index (Phi) is 7.47. The number of unbranched alkanes of at least 4 members (excludes halogenated alkanes) is 1. The molecule has 0 aliphatic heterocycles. The third-order valence-electron chi connectivity index (χ3n) is 3.29. The number of rotatable bonds is 8. The monoisotopic (exact) mass is 298 g/mol.